The molecule has 5 heteroatoms. The van der Waals surface area contributed by atoms with E-state index in [9.17, 15) is 0 Å². The molecule has 0 fully saturated rings. The van der Waals surface area contributed by atoms with E-state index in [2.05, 4.69) is 21.5 Å². The first-order valence-electron chi connectivity index (χ1n) is 6.78. The van der Waals surface area contributed by atoms with E-state index in [0.717, 1.165) is 34.0 Å². The fourth-order valence-electron chi connectivity index (χ4n) is 2.47. The van der Waals surface area contributed by atoms with Crippen molar-refractivity contribution < 1.29 is 4.74 Å². The first-order valence-corrected chi connectivity index (χ1v) is 7.31. The van der Waals surface area contributed by atoms with Crippen LogP contribution in [0.15, 0.2) is 36.5 Å². The van der Waals surface area contributed by atoms with Gasteiger partial charge in [0.1, 0.15) is 17.1 Å². The minimum atomic E-state index is 0.526. The topological polar surface area (TPSA) is 39.9 Å². The normalized spacial score (nSPS) is 11.0. The number of fused-ring (bicyclic) bond motifs is 1. The molecular formula is C16H16ClN3O. The van der Waals surface area contributed by atoms with Crippen LogP contribution in [-0.4, -0.2) is 27.5 Å². The summed E-state index contributed by atoms with van der Waals surface area (Å²) in [6.45, 7) is 2.05. The van der Waals surface area contributed by atoms with Crippen molar-refractivity contribution in [3.63, 3.8) is 0 Å². The molecule has 0 saturated carbocycles. The summed E-state index contributed by atoms with van der Waals surface area (Å²) in [7, 11) is 1.67. The summed E-state index contributed by atoms with van der Waals surface area (Å²) in [5.74, 6) is 2.29. The zero-order valence-corrected chi connectivity index (χ0v) is 12.8. The van der Waals surface area contributed by atoms with Crippen LogP contribution in [0.2, 0.25) is 0 Å². The van der Waals surface area contributed by atoms with Crippen molar-refractivity contribution in [1.29, 1.82) is 0 Å². The molecule has 0 bridgehead atoms. The van der Waals surface area contributed by atoms with Gasteiger partial charge in [-0.3, -0.25) is 4.57 Å². The molecule has 0 aliphatic carbocycles. The summed E-state index contributed by atoms with van der Waals surface area (Å²) in [6.07, 6.45) is 2.48. The molecule has 0 amide bonds. The Balaban J connectivity index is 2.25. The van der Waals surface area contributed by atoms with Crippen LogP contribution in [0.4, 0.5) is 0 Å². The highest BCUT2D eigenvalue weighted by Crippen LogP contribution is 2.25. The van der Waals surface area contributed by atoms with Crippen molar-refractivity contribution in [2.45, 2.75) is 13.3 Å². The molecule has 0 unspecified atom stereocenters. The minimum absolute atomic E-state index is 0.526. The Morgan fingerprint density at radius 1 is 1.29 bits per heavy atom. The van der Waals surface area contributed by atoms with Gasteiger partial charge in [-0.25, -0.2) is 9.97 Å². The summed E-state index contributed by atoms with van der Waals surface area (Å²) in [4.78, 5) is 9.12. The van der Waals surface area contributed by atoms with Gasteiger partial charge in [0, 0.05) is 18.5 Å². The number of nitrogens with zero attached hydrogens (tertiary/aromatic N) is 3. The number of rotatable bonds is 4. The van der Waals surface area contributed by atoms with E-state index in [1.54, 1.807) is 13.3 Å². The molecule has 0 aliphatic rings. The molecule has 2 heterocycles. The lowest BCUT2D eigenvalue weighted by Crippen LogP contribution is -2.05. The van der Waals surface area contributed by atoms with Crippen LogP contribution in [0.3, 0.4) is 0 Å². The Bertz CT molecular complexity index is 782. The van der Waals surface area contributed by atoms with Crippen LogP contribution >= 0.6 is 11.6 Å². The number of halogens is 1. The fourth-order valence-corrected chi connectivity index (χ4v) is 2.64. The van der Waals surface area contributed by atoms with Crippen molar-refractivity contribution in [2.75, 3.05) is 13.0 Å². The molecule has 0 radical (unpaired) electrons. The molecule has 3 rings (SSSR count). The molecule has 108 valence electrons. The molecule has 21 heavy (non-hydrogen) atoms. The van der Waals surface area contributed by atoms with E-state index in [4.69, 9.17) is 16.3 Å². The molecule has 0 saturated heterocycles. The van der Waals surface area contributed by atoms with Crippen molar-refractivity contribution in [3.8, 4) is 11.4 Å². The number of pyridine rings is 1. The lowest BCUT2D eigenvalue weighted by atomic mass is 10.2. The number of ether oxygens (including phenoxy) is 1. The van der Waals surface area contributed by atoms with Gasteiger partial charge < -0.3 is 4.74 Å². The van der Waals surface area contributed by atoms with Crippen molar-refractivity contribution in [3.05, 3.63) is 47.9 Å². The molecule has 4 nitrogen and oxygen atoms in total. The van der Waals surface area contributed by atoms with Gasteiger partial charge in [0.15, 0.2) is 5.65 Å². The highest BCUT2D eigenvalue weighted by Gasteiger charge is 2.14. The van der Waals surface area contributed by atoms with Crippen LogP contribution in [-0.2, 0) is 6.42 Å². The van der Waals surface area contributed by atoms with E-state index < -0.39 is 0 Å². The molecule has 2 aromatic heterocycles. The number of aryl methyl sites for hydroxylation is 2. The van der Waals surface area contributed by atoms with Crippen molar-refractivity contribution in [2.24, 2.45) is 0 Å². The number of aromatic nitrogens is 3. The smallest absolute Gasteiger partial charge is 0.164 e. The van der Waals surface area contributed by atoms with Crippen LogP contribution in [0.5, 0.6) is 5.75 Å². The summed E-state index contributed by atoms with van der Waals surface area (Å²) < 4.78 is 7.35. The predicted molar refractivity (Wildman–Crippen MR) is 84.6 cm³/mol. The minimum Gasteiger partial charge on any atom is -0.497 e. The molecule has 3 aromatic rings. The van der Waals surface area contributed by atoms with Crippen LogP contribution in [0.25, 0.3) is 16.9 Å². The average Bonchev–Trinajstić information content (AvgIpc) is 2.85. The summed E-state index contributed by atoms with van der Waals surface area (Å²) in [5, 5.41) is 0. The number of hydrogen-bond acceptors (Lipinski definition) is 3. The first-order chi connectivity index (χ1) is 10.2. The monoisotopic (exact) mass is 301 g/mol. The highest BCUT2D eigenvalue weighted by molar-refractivity contribution is 6.17. The zero-order chi connectivity index (χ0) is 14.8. The van der Waals surface area contributed by atoms with Crippen LogP contribution < -0.4 is 4.74 Å². The van der Waals surface area contributed by atoms with Gasteiger partial charge in [0.2, 0.25) is 0 Å². The molecule has 0 spiro atoms. The van der Waals surface area contributed by atoms with Gasteiger partial charge >= 0.3 is 0 Å². The van der Waals surface area contributed by atoms with Gasteiger partial charge in [-0.2, -0.15) is 0 Å². The second-order valence-corrected chi connectivity index (χ2v) is 5.18. The summed E-state index contributed by atoms with van der Waals surface area (Å²) >= 11 is 5.92. The number of hydrogen-bond donors (Lipinski definition) is 0. The second-order valence-electron chi connectivity index (χ2n) is 4.80. The molecule has 0 atom stereocenters. The van der Waals surface area contributed by atoms with E-state index in [1.165, 1.54) is 0 Å². The van der Waals surface area contributed by atoms with E-state index in [0.29, 0.717) is 12.3 Å². The zero-order valence-electron chi connectivity index (χ0n) is 12.0. The number of benzene rings is 1. The fraction of sp³-hybridized carbons (Fsp3) is 0.250. The number of alkyl halides is 1. The van der Waals surface area contributed by atoms with E-state index in [-0.39, 0.29) is 0 Å². The maximum Gasteiger partial charge on any atom is 0.164 e. The van der Waals surface area contributed by atoms with Gasteiger partial charge in [-0.15, -0.1) is 11.6 Å². The Labute approximate surface area is 128 Å². The van der Waals surface area contributed by atoms with Crippen molar-refractivity contribution >= 4 is 22.8 Å². The summed E-state index contributed by atoms with van der Waals surface area (Å²) in [5.41, 5.74) is 3.89. The Hall–Kier alpha value is -2.07. The Morgan fingerprint density at radius 2 is 2.14 bits per heavy atom. The lowest BCUT2D eigenvalue weighted by molar-refractivity contribution is 0.414. The average molecular weight is 302 g/mol. The van der Waals surface area contributed by atoms with E-state index >= 15 is 0 Å². The molecule has 1 aromatic carbocycles. The van der Waals surface area contributed by atoms with Gasteiger partial charge in [0.05, 0.1) is 12.8 Å². The molecule has 0 aliphatic heterocycles. The molecular weight excluding hydrogens is 286 g/mol. The third kappa shape index (κ3) is 2.47. The molecule has 0 N–H and O–H groups in total. The Morgan fingerprint density at radius 3 is 2.86 bits per heavy atom. The lowest BCUT2D eigenvalue weighted by Gasteiger charge is -2.12. The standard InChI is InChI=1S/C16H16ClN3O/c1-11-10-12(21-2)5-6-14(11)20-15(7-8-17)19-13-4-3-9-18-16(13)20/h3-6,9-10H,7-8H2,1-2H3. The largest absolute Gasteiger partial charge is 0.497 e. The second kappa shape index (κ2) is 5.74. The van der Waals surface area contributed by atoms with E-state index in [1.807, 2.05) is 30.3 Å². The maximum atomic E-state index is 5.92. The first kappa shape index (κ1) is 13.9. The van der Waals surface area contributed by atoms with Gasteiger partial charge in [-0.05, 0) is 42.8 Å². The third-order valence-electron chi connectivity index (χ3n) is 3.45. The maximum absolute atomic E-state index is 5.92. The van der Waals surface area contributed by atoms with Gasteiger partial charge in [0.25, 0.3) is 0 Å². The third-order valence-corrected chi connectivity index (χ3v) is 3.64. The summed E-state index contributed by atoms with van der Waals surface area (Å²) in [6, 6.07) is 9.85. The quantitative estimate of drug-likeness (QED) is 0.692. The SMILES string of the molecule is COc1ccc(-n2c(CCCl)nc3cccnc32)c(C)c1. The van der Waals surface area contributed by atoms with Gasteiger partial charge in [-0.1, -0.05) is 0 Å². The number of methoxy groups -OCH3 is 1. The van der Waals surface area contributed by atoms with Crippen molar-refractivity contribution in [1.82, 2.24) is 14.5 Å². The predicted octanol–water partition coefficient (Wildman–Crippen LogP) is 3.52. The number of imidazole rings is 1. The van der Waals surface area contributed by atoms with Crippen LogP contribution in [0.1, 0.15) is 11.4 Å². The van der Waals surface area contributed by atoms with Crippen LogP contribution in [0, 0.1) is 6.92 Å². The Kier molecular flexibility index (Phi) is 3.80. The highest BCUT2D eigenvalue weighted by atomic mass is 35.5.